The first kappa shape index (κ1) is 29.9. The van der Waals surface area contributed by atoms with Crippen molar-refractivity contribution in [3.8, 4) is 0 Å². The van der Waals surface area contributed by atoms with Crippen LogP contribution >= 0.6 is 11.6 Å². The molecule has 6 bridgehead atoms. The topological polar surface area (TPSA) is 163 Å². The van der Waals surface area contributed by atoms with Crippen LogP contribution in [0.4, 0.5) is 55.2 Å². The summed E-state index contributed by atoms with van der Waals surface area (Å²) in [4.78, 5) is 30.7. The Morgan fingerprint density at radius 2 is 1.50 bits per heavy atom. The van der Waals surface area contributed by atoms with E-state index in [0.29, 0.717) is 16.8 Å². The third-order valence-electron chi connectivity index (χ3n) is 4.37. The van der Waals surface area contributed by atoms with Crippen LogP contribution in [-0.2, 0) is 22.4 Å². The molecule has 0 saturated carbocycles. The monoisotopic (exact) mass is 566 g/mol. The predicted molar refractivity (Wildman–Crippen MR) is 123 cm³/mol. The lowest BCUT2D eigenvalue weighted by Crippen LogP contribution is -2.21. The summed E-state index contributed by atoms with van der Waals surface area (Å²) in [6, 6.07) is 7.86. The Bertz CT molecular complexity index is 1280. The number of alkyl halides is 6. The molecule has 0 unspecified atom stereocenters. The summed E-state index contributed by atoms with van der Waals surface area (Å²) >= 11 is 6.21. The number of carboxylic acids is 2. The van der Waals surface area contributed by atoms with E-state index in [4.69, 9.17) is 37.1 Å². The van der Waals surface area contributed by atoms with Gasteiger partial charge in [-0.2, -0.15) is 31.3 Å². The van der Waals surface area contributed by atoms with Crippen molar-refractivity contribution in [1.29, 1.82) is 0 Å². The molecular weight excluding hydrogens is 550 g/mol. The average molecular weight is 567 g/mol. The molecule has 1 aliphatic heterocycles. The first-order valence-corrected chi connectivity index (χ1v) is 10.4. The second-order valence-corrected chi connectivity index (χ2v) is 7.65. The number of hydrogen-bond donors (Lipinski definition) is 5. The molecule has 3 aromatic rings. The first-order chi connectivity index (χ1) is 17.6. The zero-order valence-corrected chi connectivity index (χ0v) is 19.5. The number of aryl methyl sites for hydroxylation is 2. The summed E-state index contributed by atoms with van der Waals surface area (Å²) in [5, 5.41) is 21.1. The molecule has 204 valence electrons. The smallest absolute Gasteiger partial charge is 0.475 e. The minimum absolute atomic E-state index is 0.445. The third kappa shape index (κ3) is 9.27. The number of hydrogen-bond acceptors (Lipinski definition) is 8. The van der Waals surface area contributed by atoms with E-state index in [0.717, 1.165) is 41.0 Å². The second-order valence-electron chi connectivity index (χ2n) is 7.24. The summed E-state index contributed by atoms with van der Waals surface area (Å²) in [6.45, 7) is 0. The zero-order chi connectivity index (χ0) is 28.7. The van der Waals surface area contributed by atoms with Crippen molar-refractivity contribution in [3.05, 3.63) is 59.0 Å². The number of rotatable bonds is 0. The summed E-state index contributed by atoms with van der Waals surface area (Å²) in [5.41, 5.74) is 10.8. The van der Waals surface area contributed by atoms with E-state index in [1.807, 2.05) is 30.5 Å². The maximum Gasteiger partial charge on any atom is 0.490 e. The van der Waals surface area contributed by atoms with Gasteiger partial charge in [-0.15, -0.1) is 0 Å². The fourth-order valence-corrected chi connectivity index (χ4v) is 2.79. The van der Waals surface area contributed by atoms with Gasteiger partial charge in [-0.1, -0.05) is 11.6 Å². The van der Waals surface area contributed by atoms with Crippen LogP contribution in [0.1, 0.15) is 11.1 Å². The Kier molecular flexibility index (Phi) is 9.65. The van der Waals surface area contributed by atoms with E-state index in [1.54, 1.807) is 12.4 Å². The second kappa shape index (κ2) is 12.3. The van der Waals surface area contributed by atoms with Crippen molar-refractivity contribution in [2.24, 2.45) is 0 Å². The van der Waals surface area contributed by atoms with E-state index >= 15 is 0 Å². The molecule has 17 heteroatoms. The summed E-state index contributed by atoms with van der Waals surface area (Å²) in [5.74, 6) is -4.52. The van der Waals surface area contributed by atoms with Crippen molar-refractivity contribution in [1.82, 2.24) is 15.0 Å². The van der Waals surface area contributed by atoms with Crippen LogP contribution in [-0.4, -0.2) is 49.5 Å². The molecule has 0 spiro atoms. The van der Waals surface area contributed by atoms with Crippen molar-refractivity contribution >= 4 is 52.4 Å². The molecule has 3 heterocycles. The maximum absolute atomic E-state index is 10.6. The highest BCUT2D eigenvalue weighted by atomic mass is 35.5. The molecule has 0 aliphatic carbocycles. The molecule has 0 fully saturated rings. The van der Waals surface area contributed by atoms with Crippen molar-refractivity contribution < 1.29 is 46.1 Å². The molecule has 4 rings (SSSR count). The van der Waals surface area contributed by atoms with Gasteiger partial charge in [0.05, 0.1) is 18.1 Å². The number of fused-ring (bicyclic) bond motifs is 6. The van der Waals surface area contributed by atoms with Crippen molar-refractivity contribution in [3.63, 3.8) is 0 Å². The fraction of sp³-hybridized carbons (Fsp3) is 0.190. The molecule has 10 nitrogen and oxygen atoms in total. The SMILES string of the molecule is Nc1ccc2cc1CCc1cncc(c1)Nc1ncc(Cl)c(n1)N2.O=C(O)C(F)(F)F.O=C(O)C(F)(F)F. The highest BCUT2D eigenvalue weighted by Crippen LogP contribution is 2.28. The van der Waals surface area contributed by atoms with Crippen molar-refractivity contribution in [2.75, 3.05) is 16.4 Å². The lowest BCUT2D eigenvalue weighted by atomic mass is 10.0. The fourth-order valence-electron chi connectivity index (χ4n) is 2.65. The first-order valence-electron chi connectivity index (χ1n) is 10.1. The lowest BCUT2D eigenvalue weighted by molar-refractivity contribution is -0.193. The Morgan fingerprint density at radius 3 is 2.08 bits per heavy atom. The number of nitrogens with zero attached hydrogens (tertiary/aromatic N) is 3. The standard InChI is InChI=1S/C17H15ClN6.2C2HF3O2/c18-14-9-21-17-23-13-5-10(7-20-8-13)1-2-11-6-12(3-4-15(11)19)22-16(14)24-17;2*3-2(4,5)1(6)7/h3-9H,1-2,19H2,(H2,21,22,23,24);2*(H,6,7). The number of halogens is 7. The highest BCUT2D eigenvalue weighted by molar-refractivity contribution is 6.32. The molecule has 2 aromatic heterocycles. The van der Waals surface area contributed by atoms with Crippen molar-refractivity contribution in [2.45, 2.75) is 25.2 Å². The predicted octanol–water partition coefficient (Wildman–Crippen LogP) is 4.96. The van der Waals surface area contributed by atoms with Crippen LogP contribution < -0.4 is 16.4 Å². The van der Waals surface area contributed by atoms with E-state index in [1.165, 1.54) is 0 Å². The Balaban J connectivity index is 0.000000301. The number of benzene rings is 1. The van der Waals surface area contributed by atoms with Crippen LogP contribution in [0.15, 0.2) is 42.9 Å². The van der Waals surface area contributed by atoms with Crippen LogP contribution in [0.25, 0.3) is 0 Å². The molecule has 0 radical (unpaired) electrons. The number of carboxylic acid groups (broad SMARTS) is 2. The van der Waals surface area contributed by atoms with Gasteiger partial charge in [0.25, 0.3) is 0 Å². The van der Waals surface area contributed by atoms with Crippen LogP contribution in [0, 0.1) is 0 Å². The van der Waals surface area contributed by atoms with E-state index in [2.05, 4.69) is 25.6 Å². The Labute approximate surface area is 214 Å². The number of carbonyl (C=O) groups is 2. The van der Waals surface area contributed by atoms with Gasteiger partial charge in [0, 0.05) is 17.6 Å². The maximum atomic E-state index is 10.6. The molecule has 6 N–H and O–H groups in total. The Hall–Kier alpha value is -4.34. The highest BCUT2D eigenvalue weighted by Gasteiger charge is 2.38. The van der Waals surface area contributed by atoms with Crippen LogP contribution in [0.2, 0.25) is 5.02 Å². The zero-order valence-electron chi connectivity index (χ0n) is 18.7. The molecule has 1 aliphatic rings. The summed E-state index contributed by atoms with van der Waals surface area (Å²) < 4.78 is 63.5. The van der Waals surface area contributed by atoms with Crippen LogP contribution in [0.5, 0.6) is 0 Å². The van der Waals surface area contributed by atoms with Gasteiger partial charge in [0.15, 0.2) is 5.82 Å². The van der Waals surface area contributed by atoms with E-state index < -0.39 is 24.3 Å². The summed E-state index contributed by atoms with van der Waals surface area (Å²) in [6.07, 6.45) is -3.34. The number of aliphatic carboxylic acids is 2. The Morgan fingerprint density at radius 1 is 0.895 bits per heavy atom. The number of anilines is 5. The molecule has 0 atom stereocenters. The van der Waals surface area contributed by atoms with Gasteiger partial charge in [0.2, 0.25) is 5.95 Å². The van der Waals surface area contributed by atoms with Gasteiger partial charge in [-0.25, -0.2) is 14.6 Å². The molecule has 0 amide bonds. The minimum atomic E-state index is -5.08. The third-order valence-corrected chi connectivity index (χ3v) is 4.65. The van der Waals surface area contributed by atoms with E-state index in [9.17, 15) is 26.3 Å². The number of aromatic nitrogens is 3. The number of nitrogens with two attached hydrogens (primary N) is 1. The van der Waals surface area contributed by atoms with Gasteiger partial charge in [0.1, 0.15) is 5.02 Å². The minimum Gasteiger partial charge on any atom is -0.475 e. The molecule has 1 aromatic carbocycles. The van der Waals surface area contributed by atoms with E-state index in [-0.39, 0.29) is 0 Å². The lowest BCUT2D eigenvalue weighted by Gasteiger charge is -2.11. The largest absolute Gasteiger partial charge is 0.490 e. The summed E-state index contributed by atoms with van der Waals surface area (Å²) in [7, 11) is 0. The molecule has 0 saturated heterocycles. The quantitative estimate of drug-likeness (QED) is 0.186. The van der Waals surface area contributed by atoms with Crippen LogP contribution in [0.3, 0.4) is 0 Å². The average Bonchev–Trinajstić information content (AvgIpc) is 2.81. The molecule has 38 heavy (non-hydrogen) atoms. The van der Waals surface area contributed by atoms with Gasteiger partial charge in [-0.05, 0) is 48.2 Å². The molecular formula is C21H17ClF6N6O4. The normalized spacial score (nSPS) is 12.3. The number of nitrogens with one attached hydrogen (secondary N) is 2. The number of pyridine rings is 1. The van der Waals surface area contributed by atoms with Gasteiger partial charge < -0.3 is 26.6 Å². The van der Waals surface area contributed by atoms with Gasteiger partial charge >= 0.3 is 24.3 Å². The van der Waals surface area contributed by atoms with Gasteiger partial charge in [-0.3, -0.25) is 4.98 Å². The number of nitrogen functional groups attached to an aromatic ring is 1.